The number of anilines is 1. The van der Waals surface area contributed by atoms with Gasteiger partial charge in [-0.3, -0.25) is 4.90 Å². The Bertz CT molecular complexity index is 1700. The van der Waals surface area contributed by atoms with E-state index in [4.69, 9.17) is 19.7 Å². The predicted molar refractivity (Wildman–Crippen MR) is 194 cm³/mol. The molecule has 48 heavy (non-hydrogen) atoms. The molecule has 0 amide bonds. The van der Waals surface area contributed by atoms with E-state index < -0.39 is 5.82 Å². The number of hydrogen-bond donors (Lipinski definition) is 1. The SMILES string of the molecule is CC.CC.CC.Cc1c(F)ccc2cccc(-c3nc4c5c(nc(OCC67CCCN6CCC7)nc5c3F)N3CCNCC3CCC4)c12. The highest BCUT2D eigenvalue weighted by Gasteiger charge is 2.45. The van der Waals surface area contributed by atoms with Crippen LogP contribution in [-0.4, -0.2) is 70.8 Å². The summed E-state index contributed by atoms with van der Waals surface area (Å²) in [4.78, 5) is 19.6. The van der Waals surface area contributed by atoms with Gasteiger partial charge in [-0.05, 0) is 87.4 Å². The monoisotopic (exact) mass is 660 g/mol. The fourth-order valence-corrected chi connectivity index (χ4v) is 8.03. The summed E-state index contributed by atoms with van der Waals surface area (Å²) in [5.41, 5.74) is 2.34. The van der Waals surface area contributed by atoms with Gasteiger partial charge in [0.05, 0.1) is 16.6 Å². The summed E-state index contributed by atoms with van der Waals surface area (Å²) in [5.74, 6) is -0.100. The number of aryl methyl sites for hydroxylation is 2. The molecule has 260 valence electrons. The van der Waals surface area contributed by atoms with Crippen molar-refractivity contribution in [2.24, 2.45) is 0 Å². The van der Waals surface area contributed by atoms with Gasteiger partial charge >= 0.3 is 6.01 Å². The maximum Gasteiger partial charge on any atom is 0.319 e. The van der Waals surface area contributed by atoms with Crippen LogP contribution in [0.15, 0.2) is 30.3 Å². The van der Waals surface area contributed by atoms with Gasteiger partial charge in [-0.25, -0.2) is 13.8 Å². The molecule has 9 heteroatoms. The molecule has 0 saturated carbocycles. The van der Waals surface area contributed by atoms with Gasteiger partial charge in [0.15, 0.2) is 5.82 Å². The van der Waals surface area contributed by atoms with E-state index in [0.717, 1.165) is 75.3 Å². The summed E-state index contributed by atoms with van der Waals surface area (Å²) in [5, 5.41) is 5.72. The number of nitrogens with zero attached hydrogens (tertiary/aromatic N) is 5. The van der Waals surface area contributed by atoms with Crippen molar-refractivity contribution in [3.8, 4) is 17.3 Å². The van der Waals surface area contributed by atoms with E-state index in [0.29, 0.717) is 34.9 Å². The Labute approximate surface area is 285 Å². The van der Waals surface area contributed by atoms with Gasteiger partial charge in [-0.15, -0.1) is 0 Å². The van der Waals surface area contributed by atoms with E-state index in [1.54, 1.807) is 13.0 Å². The second-order valence-electron chi connectivity index (χ2n) is 12.5. The van der Waals surface area contributed by atoms with Gasteiger partial charge in [0.1, 0.15) is 29.5 Å². The molecule has 6 heterocycles. The number of piperazine rings is 1. The Morgan fingerprint density at radius 2 is 1.65 bits per heavy atom. The van der Waals surface area contributed by atoms with Crippen molar-refractivity contribution in [3.05, 3.63) is 53.2 Å². The molecule has 0 aliphatic carbocycles. The minimum absolute atomic E-state index is 0.0269. The van der Waals surface area contributed by atoms with Gasteiger partial charge in [0, 0.05) is 31.2 Å². The van der Waals surface area contributed by atoms with Crippen LogP contribution in [0, 0.1) is 18.6 Å². The highest BCUT2D eigenvalue weighted by Crippen LogP contribution is 2.42. The molecular formula is C39H54F2N6O. The molecular weight excluding hydrogens is 606 g/mol. The first-order valence-electron chi connectivity index (χ1n) is 18.5. The van der Waals surface area contributed by atoms with Crippen molar-refractivity contribution >= 4 is 27.5 Å². The molecule has 0 radical (unpaired) electrons. The molecule has 0 bridgehead atoms. The first-order chi connectivity index (χ1) is 23.5. The van der Waals surface area contributed by atoms with E-state index in [9.17, 15) is 4.39 Å². The molecule has 8 rings (SSSR count). The van der Waals surface area contributed by atoms with Crippen LogP contribution in [0.5, 0.6) is 6.01 Å². The average molecular weight is 661 g/mol. The van der Waals surface area contributed by atoms with Gasteiger partial charge in [-0.2, -0.15) is 9.97 Å². The van der Waals surface area contributed by atoms with E-state index >= 15 is 4.39 Å². The highest BCUT2D eigenvalue weighted by atomic mass is 19.1. The van der Waals surface area contributed by atoms with Crippen LogP contribution in [0.25, 0.3) is 32.9 Å². The summed E-state index contributed by atoms with van der Waals surface area (Å²) in [6.07, 6.45) is 7.17. The first-order valence-corrected chi connectivity index (χ1v) is 18.5. The molecule has 4 aliphatic rings. The van der Waals surface area contributed by atoms with Crippen LogP contribution in [0.1, 0.15) is 91.3 Å². The molecule has 3 saturated heterocycles. The zero-order valence-electron chi connectivity index (χ0n) is 30.1. The van der Waals surface area contributed by atoms with Crippen LogP contribution in [0.4, 0.5) is 14.6 Å². The third kappa shape index (κ3) is 6.48. The zero-order valence-corrected chi connectivity index (χ0v) is 30.1. The third-order valence-corrected chi connectivity index (χ3v) is 10.2. The van der Waals surface area contributed by atoms with Crippen LogP contribution in [0.3, 0.4) is 0 Å². The number of rotatable bonds is 4. The maximum absolute atomic E-state index is 16.9. The molecule has 0 spiro atoms. The van der Waals surface area contributed by atoms with Gasteiger partial charge in [-0.1, -0.05) is 65.8 Å². The molecule has 3 fully saturated rings. The minimum Gasteiger partial charge on any atom is -0.461 e. The van der Waals surface area contributed by atoms with Crippen LogP contribution in [0.2, 0.25) is 0 Å². The summed E-state index contributed by atoms with van der Waals surface area (Å²) in [6.45, 7) is 18.9. The normalized spacial score (nSPS) is 19.4. The lowest BCUT2D eigenvalue weighted by Gasteiger charge is -2.39. The van der Waals surface area contributed by atoms with E-state index in [-0.39, 0.29) is 34.6 Å². The Balaban J connectivity index is 0.000000713. The summed E-state index contributed by atoms with van der Waals surface area (Å²) in [7, 11) is 0. The summed E-state index contributed by atoms with van der Waals surface area (Å²) < 4.78 is 38.1. The van der Waals surface area contributed by atoms with Crippen molar-refractivity contribution in [2.75, 3.05) is 44.2 Å². The number of benzene rings is 2. The third-order valence-electron chi connectivity index (χ3n) is 10.2. The van der Waals surface area contributed by atoms with E-state index in [1.165, 1.54) is 18.9 Å². The van der Waals surface area contributed by atoms with Crippen molar-refractivity contribution in [2.45, 2.75) is 105 Å². The molecule has 1 unspecified atom stereocenters. The van der Waals surface area contributed by atoms with Crippen LogP contribution in [-0.2, 0) is 6.42 Å². The smallest absolute Gasteiger partial charge is 0.319 e. The number of aromatic nitrogens is 3. The first kappa shape index (κ1) is 35.9. The fraction of sp³-hybridized carbons (Fsp3) is 0.564. The number of hydrogen-bond acceptors (Lipinski definition) is 7. The Morgan fingerprint density at radius 1 is 0.896 bits per heavy atom. The molecule has 4 aromatic rings. The number of pyridine rings is 1. The Hall–Kier alpha value is -3.43. The highest BCUT2D eigenvalue weighted by molar-refractivity contribution is 6.01. The number of nitrogens with one attached hydrogen (secondary N) is 1. The molecule has 1 N–H and O–H groups in total. The summed E-state index contributed by atoms with van der Waals surface area (Å²) >= 11 is 0. The number of ether oxygens (including phenoxy) is 1. The number of fused-ring (bicyclic) bond motifs is 4. The molecule has 1 atom stereocenters. The van der Waals surface area contributed by atoms with E-state index in [1.807, 2.05) is 59.7 Å². The lowest BCUT2D eigenvalue weighted by atomic mass is 9.95. The number of halogens is 2. The maximum atomic E-state index is 16.9. The molecule has 4 aliphatic heterocycles. The second kappa shape index (κ2) is 15.9. The molecule has 7 nitrogen and oxygen atoms in total. The standard InChI is InChI=1S/C33H36F2N6O.3C2H6/c1-20-24(34)11-10-21-6-2-8-23(26(20)21)29-28(35)30-27-25(37-29)9-3-7-22-18-36-14-17-41(22)31(27)39-32(38-30)42-19-33-12-4-15-40(33)16-5-13-33;3*1-2/h2,6,8,10-11,22,36H,3-5,7,9,12-19H2,1H3;3*1-2H3. The van der Waals surface area contributed by atoms with Crippen molar-refractivity contribution in [1.29, 1.82) is 0 Å². The van der Waals surface area contributed by atoms with Crippen LogP contribution < -0.4 is 15.0 Å². The second-order valence-corrected chi connectivity index (χ2v) is 12.5. The lowest BCUT2D eigenvalue weighted by Crippen LogP contribution is -2.52. The van der Waals surface area contributed by atoms with Gasteiger partial charge in [0.2, 0.25) is 0 Å². The topological polar surface area (TPSA) is 66.4 Å². The van der Waals surface area contributed by atoms with Crippen LogP contribution >= 0.6 is 0 Å². The average Bonchev–Trinajstić information content (AvgIpc) is 3.72. The van der Waals surface area contributed by atoms with Gasteiger partial charge in [0.25, 0.3) is 0 Å². The summed E-state index contributed by atoms with van der Waals surface area (Å²) in [6, 6.07) is 9.34. The largest absolute Gasteiger partial charge is 0.461 e. The van der Waals surface area contributed by atoms with Crippen molar-refractivity contribution in [3.63, 3.8) is 0 Å². The quantitative estimate of drug-likeness (QED) is 0.235. The Kier molecular flexibility index (Phi) is 11.8. The Morgan fingerprint density at radius 3 is 2.40 bits per heavy atom. The fourth-order valence-electron chi connectivity index (χ4n) is 8.03. The predicted octanol–water partition coefficient (Wildman–Crippen LogP) is 8.63. The van der Waals surface area contributed by atoms with Crippen molar-refractivity contribution in [1.82, 2.24) is 25.2 Å². The van der Waals surface area contributed by atoms with Crippen molar-refractivity contribution < 1.29 is 13.5 Å². The minimum atomic E-state index is -0.507. The lowest BCUT2D eigenvalue weighted by molar-refractivity contribution is 0.108. The van der Waals surface area contributed by atoms with Gasteiger partial charge < -0.3 is 15.0 Å². The molecule has 2 aromatic carbocycles. The molecule has 2 aromatic heterocycles. The zero-order chi connectivity index (χ0) is 34.4. The van der Waals surface area contributed by atoms with E-state index in [2.05, 4.69) is 15.1 Å².